The van der Waals surface area contributed by atoms with Crippen molar-refractivity contribution < 1.29 is 19.1 Å². The van der Waals surface area contributed by atoms with E-state index in [-0.39, 0.29) is 11.3 Å². The van der Waals surface area contributed by atoms with Gasteiger partial charge in [0.15, 0.2) is 5.76 Å². The van der Waals surface area contributed by atoms with Gasteiger partial charge in [-0.2, -0.15) is 0 Å². The van der Waals surface area contributed by atoms with Crippen LogP contribution < -0.4 is 0 Å². The van der Waals surface area contributed by atoms with E-state index in [4.69, 9.17) is 4.42 Å². The van der Waals surface area contributed by atoms with E-state index in [9.17, 15) is 14.7 Å². The standard InChI is InChI=1S/C24H28N4O4/c1-14-8-6-12-27-19(16(3)25-23(14)27)21(29)18-20(17-10-9-15(2)32-17)28(24(31)22(18)30)13-7-11-26(4)5/h6,8-10,12,20,29H,7,11,13H2,1-5H3/b21-18+/t20-/m0/s1. The monoisotopic (exact) mass is 436 g/mol. The van der Waals surface area contributed by atoms with Gasteiger partial charge >= 0.3 is 0 Å². The van der Waals surface area contributed by atoms with Crippen LogP contribution >= 0.6 is 0 Å². The van der Waals surface area contributed by atoms with Gasteiger partial charge in [0.25, 0.3) is 11.7 Å². The number of Topliss-reactive ketones (excluding diaryl/α,β-unsaturated/α-hetero) is 1. The summed E-state index contributed by atoms with van der Waals surface area (Å²) in [5.41, 5.74) is 2.64. The number of hydrogen-bond acceptors (Lipinski definition) is 6. The van der Waals surface area contributed by atoms with Gasteiger partial charge in [0, 0.05) is 12.7 Å². The number of aliphatic hydroxyl groups excluding tert-OH is 1. The van der Waals surface area contributed by atoms with E-state index in [1.165, 1.54) is 4.90 Å². The average molecular weight is 437 g/mol. The van der Waals surface area contributed by atoms with Crippen molar-refractivity contribution in [2.45, 2.75) is 33.2 Å². The number of carbonyl (C=O) groups excluding carboxylic acids is 2. The van der Waals surface area contributed by atoms with Crippen LogP contribution in [0.4, 0.5) is 0 Å². The highest BCUT2D eigenvalue weighted by molar-refractivity contribution is 6.46. The van der Waals surface area contributed by atoms with Crippen molar-refractivity contribution in [3.8, 4) is 0 Å². The summed E-state index contributed by atoms with van der Waals surface area (Å²) in [6, 6.07) is 6.54. The molecule has 4 heterocycles. The van der Waals surface area contributed by atoms with Crippen LogP contribution in [0.15, 0.2) is 40.5 Å². The maximum atomic E-state index is 13.2. The van der Waals surface area contributed by atoms with Crippen molar-refractivity contribution in [3.63, 3.8) is 0 Å². The van der Waals surface area contributed by atoms with Crippen LogP contribution in [0.2, 0.25) is 0 Å². The summed E-state index contributed by atoms with van der Waals surface area (Å²) >= 11 is 0. The van der Waals surface area contributed by atoms with Gasteiger partial charge < -0.3 is 19.3 Å². The number of rotatable bonds is 6. The number of aliphatic hydroxyl groups is 1. The van der Waals surface area contributed by atoms with E-state index in [2.05, 4.69) is 4.98 Å². The van der Waals surface area contributed by atoms with E-state index in [1.54, 1.807) is 36.6 Å². The first kappa shape index (κ1) is 21.8. The van der Waals surface area contributed by atoms with Crippen LogP contribution in [-0.2, 0) is 9.59 Å². The van der Waals surface area contributed by atoms with Crippen LogP contribution in [-0.4, -0.2) is 63.2 Å². The number of imidazole rings is 1. The number of furan rings is 1. The van der Waals surface area contributed by atoms with Gasteiger partial charge in [-0.1, -0.05) is 6.07 Å². The summed E-state index contributed by atoms with van der Waals surface area (Å²) in [6.07, 6.45) is 2.47. The predicted molar refractivity (Wildman–Crippen MR) is 120 cm³/mol. The number of nitrogens with zero attached hydrogens (tertiary/aromatic N) is 4. The molecule has 3 aromatic rings. The second-order valence-electron chi connectivity index (χ2n) is 8.53. The number of ketones is 1. The fourth-order valence-electron chi connectivity index (χ4n) is 4.29. The van der Waals surface area contributed by atoms with Crippen LogP contribution in [0.1, 0.15) is 40.9 Å². The highest BCUT2D eigenvalue weighted by Gasteiger charge is 2.47. The topological polar surface area (TPSA) is 91.3 Å². The molecular formula is C24H28N4O4. The molecule has 0 radical (unpaired) electrons. The number of carbonyl (C=O) groups is 2. The molecular weight excluding hydrogens is 408 g/mol. The fraction of sp³-hybridized carbons (Fsp3) is 0.375. The van der Waals surface area contributed by atoms with E-state index in [1.807, 2.05) is 38.1 Å². The summed E-state index contributed by atoms with van der Waals surface area (Å²) in [7, 11) is 3.91. The molecule has 1 atom stereocenters. The van der Waals surface area contributed by atoms with E-state index in [0.717, 1.165) is 12.1 Å². The lowest BCUT2D eigenvalue weighted by molar-refractivity contribution is -0.140. The molecule has 1 amide bonds. The Hall–Kier alpha value is -3.39. The number of amides is 1. The molecule has 1 aliphatic heterocycles. The van der Waals surface area contributed by atoms with Gasteiger partial charge in [-0.3, -0.25) is 14.0 Å². The molecule has 8 nitrogen and oxygen atoms in total. The van der Waals surface area contributed by atoms with Crippen LogP contribution in [0, 0.1) is 20.8 Å². The lowest BCUT2D eigenvalue weighted by atomic mass is 10.0. The number of aromatic nitrogens is 2. The average Bonchev–Trinajstić information content (AvgIpc) is 3.37. The van der Waals surface area contributed by atoms with Crippen LogP contribution in [0.5, 0.6) is 0 Å². The first-order valence-corrected chi connectivity index (χ1v) is 10.6. The minimum Gasteiger partial charge on any atom is -0.505 e. The van der Waals surface area contributed by atoms with Gasteiger partial charge in [-0.25, -0.2) is 4.98 Å². The number of likely N-dealkylation sites (tertiary alicyclic amines) is 1. The molecule has 1 aliphatic rings. The zero-order valence-electron chi connectivity index (χ0n) is 19.0. The van der Waals surface area contributed by atoms with Crippen LogP contribution in [0.3, 0.4) is 0 Å². The molecule has 0 spiro atoms. The smallest absolute Gasteiger partial charge is 0.295 e. The lowest BCUT2D eigenvalue weighted by Gasteiger charge is -2.24. The zero-order chi connectivity index (χ0) is 23.2. The van der Waals surface area contributed by atoms with E-state index >= 15 is 0 Å². The number of aryl methyl sites for hydroxylation is 3. The molecule has 0 aliphatic carbocycles. The Balaban J connectivity index is 1.88. The highest BCUT2D eigenvalue weighted by Crippen LogP contribution is 2.40. The SMILES string of the molecule is Cc1ccc([C@H]2/C(=C(\O)c3c(C)nc4c(C)cccn34)C(=O)C(=O)N2CCCN(C)C)o1. The summed E-state index contributed by atoms with van der Waals surface area (Å²) in [5, 5.41) is 11.4. The molecule has 4 rings (SSSR count). The number of fused-ring (bicyclic) bond motifs is 1. The zero-order valence-corrected chi connectivity index (χ0v) is 19.0. The second-order valence-corrected chi connectivity index (χ2v) is 8.53. The normalized spacial score (nSPS) is 18.4. The molecule has 168 valence electrons. The molecule has 0 unspecified atom stereocenters. The van der Waals surface area contributed by atoms with Crippen molar-refractivity contribution in [1.82, 2.24) is 19.2 Å². The minimum atomic E-state index is -0.791. The van der Waals surface area contributed by atoms with Gasteiger partial charge in [-0.05, 0) is 71.6 Å². The number of pyridine rings is 1. The summed E-state index contributed by atoms with van der Waals surface area (Å²) < 4.78 is 7.59. The maximum Gasteiger partial charge on any atom is 0.295 e. The molecule has 0 saturated carbocycles. The van der Waals surface area contributed by atoms with Gasteiger partial charge in [0.2, 0.25) is 0 Å². The van der Waals surface area contributed by atoms with Gasteiger partial charge in [-0.15, -0.1) is 0 Å². The Labute approximate surface area is 186 Å². The Kier molecular flexibility index (Phi) is 5.64. The van der Waals surface area contributed by atoms with Crippen molar-refractivity contribution in [1.29, 1.82) is 0 Å². The highest BCUT2D eigenvalue weighted by atomic mass is 16.3. The first-order valence-electron chi connectivity index (χ1n) is 10.6. The first-order chi connectivity index (χ1) is 15.2. The molecule has 1 N–H and O–H groups in total. The molecule has 0 bridgehead atoms. The third-order valence-electron chi connectivity index (χ3n) is 5.82. The van der Waals surface area contributed by atoms with Crippen molar-refractivity contribution in [2.75, 3.05) is 27.2 Å². The molecule has 8 heteroatoms. The Morgan fingerprint density at radius 1 is 1.19 bits per heavy atom. The van der Waals surface area contributed by atoms with Gasteiger partial charge in [0.1, 0.15) is 28.9 Å². The summed E-state index contributed by atoms with van der Waals surface area (Å²) in [6.45, 7) is 6.65. The fourth-order valence-corrected chi connectivity index (χ4v) is 4.29. The van der Waals surface area contributed by atoms with Crippen molar-refractivity contribution >= 4 is 23.1 Å². The Bertz CT molecular complexity index is 1230. The Morgan fingerprint density at radius 2 is 1.94 bits per heavy atom. The summed E-state index contributed by atoms with van der Waals surface area (Å²) in [5.74, 6) is -0.468. The third kappa shape index (κ3) is 3.60. The van der Waals surface area contributed by atoms with E-state index < -0.39 is 17.7 Å². The molecule has 1 saturated heterocycles. The lowest BCUT2D eigenvalue weighted by Crippen LogP contribution is -2.32. The summed E-state index contributed by atoms with van der Waals surface area (Å²) in [4.78, 5) is 34.3. The molecule has 1 fully saturated rings. The third-order valence-corrected chi connectivity index (χ3v) is 5.82. The second kappa shape index (κ2) is 8.27. The predicted octanol–water partition coefficient (Wildman–Crippen LogP) is 3.23. The molecule has 0 aromatic carbocycles. The van der Waals surface area contributed by atoms with Crippen molar-refractivity contribution in [3.05, 3.63) is 64.5 Å². The largest absolute Gasteiger partial charge is 0.505 e. The Morgan fingerprint density at radius 3 is 2.59 bits per heavy atom. The molecule has 3 aromatic heterocycles. The quantitative estimate of drug-likeness (QED) is 0.362. The maximum absolute atomic E-state index is 13.2. The van der Waals surface area contributed by atoms with Gasteiger partial charge in [0.05, 0.1) is 11.3 Å². The van der Waals surface area contributed by atoms with Crippen molar-refractivity contribution in [2.24, 2.45) is 0 Å². The minimum absolute atomic E-state index is 0.0283. The van der Waals surface area contributed by atoms with Crippen LogP contribution in [0.25, 0.3) is 11.4 Å². The van der Waals surface area contributed by atoms with E-state index in [0.29, 0.717) is 41.5 Å². The number of hydrogen-bond donors (Lipinski definition) is 1. The molecule has 32 heavy (non-hydrogen) atoms.